The summed E-state index contributed by atoms with van der Waals surface area (Å²) in [4.78, 5) is 12.1. The largest absolute Gasteiger partial charge is 0.462 e. The van der Waals surface area contributed by atoms with Crippen LogP contribution in [-0.4, -0.2) is 18.6 Å². The Morgan fingerprint density at radius 2 is 2.00 bits per heavy atom. The van der Waals surface area contributed by atoms with E-state index in [0.717, 1.165) is 24.9 Å². The lowest BCUT2D eigenvalue weighted by atomic mass is 10.0. The maximum absolute atomic E-state index is 12.1. The van der Waals surface area contributed by atoms with Crippen molar-refractivity contribution in [3.05, 3.63) is 23.8 Å². The number of unbranched alkanes of at least 4 members (excludes halogenated alkanes) is 1. The van der Waals surface area contributed by atoms with E-state index >= 15 is 0 Å². The molecule has 0 saturated heterocycles. The fourth-order valence-electron chi connectivity index (χ4n) is 2.37. The average Bonchev–Trinajstić information content (AvgIpc) is 2.47. The van der Waals surface area contributed by atoms with Crippen molar-refractivity contribution in [1.82, 2.24) is 0 Å². The second kappa shape index (κ2) is 9.27. The number of esters is 1. The number of nitrogens with one attached hydrogen (secondary N) is 1. The Hall–Kier alpha value is -1.71. The molecule has 1 unspecified atom stereocenters. The molecule has 0 aliphatic carbocycles. The quantitative estimate of drug-likeness (QED) is 0.528. The van der Waals surface area contributed by atoms with Crippen LogP contribution < -0.4 is 11.1 Å². The minimum atomic E-state index is -0.321. The molecule has 0 aliphatic heterocycles. The molecule has 0 fully saturated rings. The molecule has 0 bridgehead atoms. The molecule has 4 nitrogen and oxygen atoms in total. The molecule has 1 aromatic rings. The third kappa shape index (κ3) is 5.66. The van der Waals surface area contributed by atoms with E-state index in [1.807, 2.05) is 12.1 Å². The summed E-state index contributed by atoms with van der Waals surface area (Å²) in [5.41, 5.74) is 7.71. The van der Waals surface area contributed by atoms with E-state index in [0.29, 0.717) is 23.9 Å². The van der Waals surface area contributed by atoms with Crippen LogP contribution in [0.5, 0.6) is 0 Å². The molecule has 1 rings (SSSR count). The van der Waals surface area contributed by atoms with Crippen molar-refractivity contribution >= 4 is 17.3 Å². The number of nitrogens with two attached hydrogens (primary N) is 1. The van der Waals surface area contributed by atoms with Gasteiger partial charge in [0.1, 0.15) is 0 Å². The lowest BCUT2D eigenvalue weighted by Gasteiger charge is -2.21. The molecule has 0 aromatic heterocycles. The zero-order chi connectivity index (χ0) is 15.7. The fraction of sp³-hybridized carbons (Fsp3) is 0.588. The third-order valence-electron chi connectivity index (χ3n) is 3.44. The number of benzene rings is 1. The number of rotatable bonds is 9. The summed E-state index contributed by atoms with van der Waals surface area (Å²) in [5, 5.41) is 3.49. The number of carbonyl (C=O) groups is 1. The van der Waals surface area contributed by atoms with Crippen molar-refractivity contribution in [3.8, 4) is 0 Å². The van der Waals surface area contributed by atoms with Gasteiger partial charge in [-0.3, -0.25) is 0 Å². The van der Waals surface area contributed by atoms with Gasteiger partial charge in [0.05, 0.1) is 12.2 Å². The summed E-state index contributed by atoms with van der Waals surface area (Å²) < 4.78 is 5.11. The summed E-state index contributed by atoms with van der Waals surface area (Å²) in [5.74, 6) is -0.321. The molecule has 0 amide bonds. The molecule has 0 heterocycles. The lowest BCUT2D eigenvalue weighted by Crippen LogP contribution is -2.21. The Bertz CT molecular complexity index is 446. The Kier molecular flexibility index (Phi) is 7.65. The van der Waals surface area contributed by atoms with Gasteiger partial charge in [-0.1, -0.05) is 33.1 Å². The standard InChI is InChI=1S/C17H28N2O2/c1-4-7-9-14(8-5-2)19-16-11-10-13(18)12-15(16)17(20)21-6-3/h10-12,14,19H,4-9,18H2,1-3H3. The van der Waals surface area contributed by atoms with Crippen molar-refractivity contribution in [2.24, 2.45) is 0 Å². The van der Waals surface area contributed by atoms with Crippen LogP contribution in [0.15, 0.2) is 18.2 Å². The first-order chi connectivity index (χ1) is 10.1. The molecule has 4 heteroatoms. The summed E-state index contributed by atoms with van der Waals surface area (Å²) in [6.45, 7) is 6.53. The Labute approximate surface area is 128 Å². The number of hydrogen-bond acceptors (Lipinski definition) is 4. The number of ether oxygens (including phenoxy) is 1. The highest BCUT2D eigenvalue weighted by atomic mass is 16.5. The predicted molar refractivity (Wildman–Crippen MR) is 88.7 cm³/mol. The lowest BCUT2D eigenvalue weighted by molar-refractivity contribution is 0.0527. The molecule has 0 spiro atoms. The summed E-state index contributed by atoms with van der Waals surface area (Å²) in [7, 11) is 0. The minimum absolute atomic E-state index is 0.321. The maximum Gasteiger partial charge on any atom is 0.340 e. The highest BCUT2D eigenvalue weighted by Crippen LogP contribution is 2.23. The molecule has 0 saturated carbocycles. The highest BCUT2D eigenvalue weighted by Gasteiger charge is 2.16. The normalized spacial score (nSPS) is 12.0. The van der Waals surface area contributed by atoms with E-state index in [-0.39, 0.29) is 5.97 Å². The van der Waals surface area contributed by atoms with E-state index in [1.165, 1.54) is 12.8 Å². The first-order valence-electron chi connectivity index (χ1n) is 7.95. The van der Waals surface area contributed by atoms with Gasteiger partial charge in [-0.25, -0.2) is 4.79 Å². The Morgan fingerprint density at radius 3 is 2.62 bits per heavy atom. The molecule has 118 valence electrons. The van der Waals surface area contributed by atoms with Crippen LogP contribution >= 0.6 is 0 Å². The maximum atomic E-state index is 12.1. The minimum Gasteiger partial charge on any atom is -0.462 e. The topological polar surface area (TPSA) is 64.3 Å². The number of anilines is 2. The molecule has 0 aliphatic rings. The van der Waals surface area contributed by atoms with Gasteiger partial charge in [0.25, 0.3) is 0 Å². The van der Waals surface area contributed by atoms with Crippen LogP contribution in [0.2, 0.25) is 0 Å². The molecular formula is C17H28N2O2. The van der Waals surface area contributed by atoms with Crippen molar-refractivity contribution in [3.63, 3.8) is 0 Å². The first kappa shape index (κ1) is 17.3. The van der Waals surface area contributed by atoms with Gasteiger partial charge >= 0.3 is 5.97 Å². The van der Waals surface area contributed by atoms with E-state index in [2.05, 4.69) is 19.2 Å². The van der Waals surface area contributed by atoms with Gasteiger partial charge in [-0.2, -0.15) is 0 Å². The fourth-order valence-corrected chi connectivity index (χ4v) is 2.37. The molecule has 21 heavy (non-hydrogen) atoms. The molecule has 0 radical (unpaired) electrons. The van der Waals surface area contributed by atoms with Crippen LogP contribution in [0, 0.1) is 0 Å². The van der Waals surface area contributed by atoms with Gasteiger partial charge < -0.3 is 15.8 Å². The number of carbonyl (C=O) groups excluding carboxylic acids is 1. The zero-order valence-electron chi connectivity index (χ0n) is 13.4. The summed E-state index contributed by atoms with van der Waals surface area (Å²) in [6.07, 6.45) is 5.67. The second-order valence-corrected chi connectivity index (χ2v) is 5.30. The van der Waals surface area contributed by atoms with Gasteiger partial charge in [-0.15, -0.1) is 0 Å². The van der Waals surface area contributed by atoms with Gasteiger partial charge in [-0.05, 0) is 38.0 Å². The van der Waals surface area contributed by atoms with E-state index in [9.17, 15) is 4.79 Å². The summed E-state index contributed by atoms with van der Waals surface area (Å²) >= 11 is 0. The Morgan fingerprint density at radius 1 is 1.24 bits per heavy atom. The van der Waals surface area contributed by atoms with Crippen LogP contribution in [0.1, 0.15) is 63.2 Å². The van der Waals surface area contributed by atoms with Crippen LogP contribution in [0.25, 0.3) is 0 Å². The average molecular weight is 292 g/mol. The van der Waals surface area contributed by atoms with E-state index < -0.39 is 0 Å². The van der Waals surface area contributed by atoms with Gasteiger partial charge in [0, 0.05) is 17.4 Å². The van der Waals surface area contributed by atoms with E-state index in [1.54, 1.807) is 13.0 Å². The Balaban J connectivity index is 2.91. The monoisotopic (exact) mass is 292 g/mol. The van der Waals surface area contributed by atoms with Crippen LogP contribution in [0.3, 0.4) is 0 Å². The third-order valence-corrected chi connectivity index (χ3v) is 3.44. The molecule has 1 atom stereocenters. The number of nitrogen functional groups attached to an aromatic ring is 1. The zero-order valence-corrected chi connectivity index (χ0v) is 13.4. The van der Waals surface area contributed by atoms with Crippen LogP contribution in [0.4, 0.5) is 11.4 Å². The van der Waals surface area contributed by atoms with Gasteiger partial charge in [0.2, 0.25) is 0 Å². The SMILES string of the molecule is CCCCC(CCC)Nc1ccc(N)cc1C(=O)OCC. The van der Waals surface area contributed by atoms with Crippen molar-refractivity contribution in [2.45, 2.75) is 58.9 Å². The highest BCUT2D eigenvalue weighted by molar-refractivity contribution is 5.96. The smallest absolute Gasteiger partial charge is 0.340 e. The molecule has 1 aromatic carbocycles. The molecule has 3 N–H and O–H groups in total. The van der Waals surface area contributed by atoms with Crippen molar-refractivity contribution < 1.29 is 9.53 Å². The van der Waals surface area contributed by atoms with Gasteiger partial charge in [0.15, 0.2) is 0 Å². The first-order valence-corrected chi connectivity index (χ1v) is 7.95. The predicted octanol–water partition coefficient (Wildman–Crippen LogP) is 4.22. The summed E-state index contributed by atoms with van der Waals surface area (Å²) in [6, 6.07) is 5.75. The number of hydrogen-bond donors (Lipinski definition) is 2. The van der Waals surface area contributed by atoms with Crippen LogP contribution in [-0.2, 0) is 4.74 Å². The second-order valence-electron chi connectivity index (χ2n) is 5.30. The molecular weight excluding hydrogens is 264 g/mol. The van der Waals surface area contributed by atoms with Crippen molar-refractivity contribution in [2.75, 3.05) is 17.7 Å². The van der Waals surface area contributed by atoms with Crippen molar-refractivity contribution in [1.29, 1.82) is 0 Å². The van der Waals surface area contributed by atoms with E-state index in [4.69, 9.17) is 10.5 Å².